The molecular formula is C23H24N4O2. The second kappa shape index (κ2) is 7.91. The number of nitrogens with zero attached hydrogens (tertiary/aromatic N) is 3. The second-order valence-electron chi connectivity index (χ2n) is 7.31. The van der Waals surface area contributed by atoms with Gasteiger partial charge in [0.25, 0.3) is 5.56 Å². The van der Waals surface area contributed by atoms with Crippen molar-refractivity contribution >= 4 is 27.7 Å². The monoisotopic (exact) mass is 388 g/mol. The highest BCUT2D eigenvalue weighted by molar-refractivity contribution is 6.07. The van der Waals surface area contributed by atoms with Crippen molar-refractivity contribution in [2.45, 2.75) is 32.4 Å². The third-order valence-corrected chi connectivity index (χ3v) is 5.33. The molecule has 1 atom stereocenters. The van der Waals surface area contributed by atoms with Gasteiger partial charge in [-0.15, -0.1) is 0 Å². The number of amides is 1. The van der Waals surface area contributed by atoms with E-state index in [1.807, 2.05) is 66.1 Å². The maximum absolute atomic E-state index is 12.7. The molecule has 6 heteroatoms. The summed E-state index contributed by atoms with van der Waals surface area (Å²) in [7, 11) is 1.65. The first kappa shape index (κ1) is 18.9. The highest BCUT2D eigenvalue weighted by atomic mass is 16.1. The first-order chi connectivity index (χ1) is 14.1. The summed E-state index contributed by atoms with van der Waals surface area (Å²) in [4.78, 5) is 25.1. The molecule has 4 rings (SSSR count). The highest BCUT2D eigenvalue weighted by Crippen LogP contribution is 2.26. The van der Waals surface area contributed by atoms with Gasteiger partial charge in [0.15, 0.2) is 0 Å². The van der Waals surface area contributed by atoms with E-state index in [4.69, 9.17) is 0 Å². The number of aromatic nitrogens is 3. The Morgan fingerprint density at radius 2 is 1.79 bits per heavy atom. The zero-order valence-corrected chi connectivity index (χ0v) is 16.6. The molecule has 2 aromatic carbocycles. The van der Waals surface area contributed by atoms with Crippen molar-refractivity contribution in [1.29, 1.82) is 0 Å². The van der Waals surface area contributed by atoms with Crippen LogP contribution in [0.15, 0.2) is 65.6 Å². The fourth-order valence-corrected chi connectivity index (χ4v) is 3.81. The number of hydrogen-bond donors (Lipinski definition) is 1. The van der Waals surface area contributed by atoms with Crippen LogP contribution >= 0.6 is 0 Å². The van der Waals surface area contributed by atoms with Crippen LogP contribution in [0.1, 0.15) is 31.4 Å². The normalized spacial score (nSPS) is 12.3. The highest BCUT2D eigenvalue weighted by Gasteiger charge is 2.15. The molecule has 0 aliphatic heterocycles. The molecule has 0 spiro atoms. The molecule has 29 heavy (non-hydrogen) atoms. The zero-order chi connectivity index (χ0) is 20.4. The van der Waals surface area contributed by atoms with E-state index in [1.165, 1.54) is 4.68 Å². The minimum absolute atomic E-state index is 0.0108. The van der Waals surface area contributed by atoms with E-state index >= 15 is 0 Å². The molecular weight excluding hydrogens is 364 g/mol. The minimum Gasteiger partial charge on any atom is -0.350 e. The molecule has 4 aromatic rings. The number of rotatable bonds is 6. The van der Waals surface area contributed by atoms with E-state index < -0.39 is 0 Å². The zero-order valence-electron chi connectivity index (χ0n) is 16.6. The molecule has 0 aliphatic rings. The number of carbonyl (C=O) groups excluding carboxylic acids is 1. The lowest BCUT2D eigenvalue weighted by atomic mass is 10.1. The maximum Gasteiger partial charge on any atom is 0.291 e. The Balaban J connectivity index is 1.52. The van der Waals surface area contributed by atoms with Gasteiger partial charge < -0.3 is 9.88 Å². The predicted molar refractivity (Wildman–Crippen MR) is 115 cm³/mol. The summed E-state index contributed by atoms with van der Waals surface area (Å²) in [5, 5.41) is 9.08. The number of nitrogens with one attached hydrogen (secondary N) is 1. The van der Waals surface area contributed by atoms with Gasteiger partial charge in [-0.25, -0.2) is 4.68 Å². The number of hydrogen-bond acceptors (Lipinski definition) is 3. The third kappa shape index (κ3) is 3.66. The van der Waals surface area contributed by atoms with Gasteiger partial charge in [0, 0.05) is 36.3 Å². The van der Waals surface area contributed by atoms with Gasteiger partial charge in [-0.05, 0) is 25.0 Å². The summed E-state index contributed by atoms with van der Waals surface area (Å²) in [5.74, 6) is 0.0108. The molecule has 0 radical (unpaired) electrons. The van der Waals surface area contributed by atoms with Crippen LogP contribution in [-0.4, -0.2) is 20.3 Å². The molecule has 6 nitrogen and oxygen atoms in total. The number of fused-ring (bicyclic) bond motifs is 3. The molecule has 0 saturated carbocycles. The van der Waals surface area contributed by atoms with Crippen LogP contribution in [0.4, 0.5) is 0 Å². The smallest absolute Gasteiger partial charge is 0.291 e. The largest absolute Gasteiger partial charge is 0.350 e. The van der Waals surface area contributed by atoms with Crippen molar-refractivity contribution in [3.8, 4) is 0 Å². The van der Waals surface area contributed by atoms with Crippen molar-refractivity contribution < 1.29 is 4.79 Å². The van der Waals surface area contributed by atoms with E-state index in [0.717, 1.165) is 21.9 Å². The van der Waals surface area contributed by atoms with Crippen LogP contribution in [-0.2, 0) is 18.4 Å². The summed E-state index contributed by atoms with van der Waals surface area (Å²) < 4.78 is 3.37. The average molecular weight is 388 g/mol. The van der Waals surface area contributed by atoms with Crippen LogP contribution in [0.25, 0.3) is 21.8 Å². The Kier molecular flexibility index (Phi) is 5.16. The number of aryl methyl sites for hydroxylation is 2. The quantitative estimate of drug-likeness (QED) is 0.549. The van der Waals surface area contributed by atoms with Crippen LogP contribution in [0, 0.1) is 0 Å². The molecule has 148 valence electrons. The minimum atomic E-state index is -0.124. The number of benzene rings is 2. The molecule has 0 unspecified atom stereocenters. The predicted octanol–water partition coefficient (Wildman–Crippen LogP) is 3.55. The third-order valence-electron chi connectivity index (χ3n) is 5.33. The van der Waals surface area contributed by atoms with E-state index in [-0.39, 0.29) is 17.5 Å². The molecule has 2 aromatic heterocycles. The van der Waals surface area contributed by atoms with Crippen LogP contribution in [0.3, 0.4) is 0 Å². The Morgan fingerprint density at radius 3 is 2.59 bits per heavy atom. The van der Waals surface area contributed by atoms with Crippen LogP contribution < -0.4 is 10.9 Å². The lowest BCUT2D eigenvalue weighted by Crippen LogP contribution is -2.26. The van der Waals surface area contributed by atoms with E-state index in [9.17, 15) is 9.59 Å². The van der Waals surface area contributed by atoms with E-state index in [2.05, 4.69) is 10.4 Å². The molecule has 0 aliphatic carbocycles. The molecule has 1 N–H and O–H groups in total. The topological polar surface area (TPSA) is 68.9 Å². The lowest BCUT2D eigenvalue weighted by Gasteiger charge is -2.14. The SMILES string of the molecule is C[C@H](NC(=O)CCCn1c2ccccc2c2cnn(C)c(=O)c21)c1ccccc1. The van der Waals surface area contributed by atoms with Gasteiger partial charge in [-0.3, -0.25) is 9.59 Å². The second-order valence-corrected chi connectivity index (χ2v) is 7.31. The Hall–Kier alpha value is -3.41. The van der Waals surface area contributed by atoms with Gasteiger partial charge >= 0.3 is 0 Å². The van der Waals surface area contributed by atoms with Crippen LogP contribution in [0.5, 0.6) is 0 Å². The van der Waals surface area contributed by atoms with Gasteiger partial charge in [-0.2, -0.15) is 5.10 Å². The summed E-state index contributed by atoms with van der Waals surface area (Å²) in [6.07, 6.45) is 2.78. The van der Waals surface area contributed by atoms with Crippen molar-refractivity contribution in [1.82, 2.24) is 19.7 Å². The molecule has 0 bridgehead atoms. The van der Waals surface area contributed by atoms with Gasteiger partial charge in [0.2, 0.25) is 5.91 Å². The fraction of sp³-hybridized carbons (Fsp3) is 0.261. The summed E-state index contributed by atoms with van der Waals surface area (Å²) >= 11 is 0. The van der Waals surface area contributed by atoms with Gasteiger partial charge in [-0.1, -0.05) is 48.5 Å². The Morgan fingerprint density at radius 1 is 1.07 bits per heavy atom. The molecule has 0 saturated heterocycles. The van der Waals surface area contributed by atoms with Crippen molar-refractivity contribution in [3.63, 3.8) is 0 Å². The molecule has 1 amide bonds. The Bertz CT molecular complexity index is 1220. The summed E-state index contributed by atoms with van der Waals surface area (Å²) in [6.45, 7) is 2.58. The molecule has 0 fully saturated rings. The first-order valence-corrected chi connectivity index (χ1v) is 9.84. The van der Waals surface area contributed by atoms with Crippen molar-refractivity contribution in [2.24, 2.45) is 7.05 Å². The van der Waals surface area contributed by atoms with Crippen LogP contribution in [0.2, 0.25) is 0 Å². The lowest BCUT2D eigenvalue weighted by molar-refractivity contribution is -0.121. The van der Waals surface area contributed by atoms with E-state index in [1.54, 1.807) is 13.2 Å². The van der Waals surface area contributed by atoms with Crippen molar-refractivity contribution in [3.05, 3.63) is 76.7 Å². The van der Waals surface area contributed by atoms with Crippen molar-refractivity contribution in [2.75, 3.05) is 0 Å². The maximum atomic E-state index is 12.7. The summed E-state index contributed by atoms with van der Waals surface area (Å²) in [6, 6.07) is 17.8. The molecule has 2 heterocycles. The fourth-order valence-electron chi connectivity index (χ4n) is 3.81. The number of carbonyl (C=O) groups is 1. The standard InChI is InChI=1S/C23H24N4O2/c1-16(17-9-4-3-5-10-17)25-21(28)13-8-14-27-20-12-7-6-11-18(20)19-15-24-26(2)23(29)22(19)27/h3-7,9-12,15-16H,8,13-14H2,1-2H3,(H,25,28)/t16-/m0/s1. The Labute approximate surface area is 168 Å². The van der Waals surface area contributed by atoms with E-state index in [0.29, 0.717) is 24.9 Å². The first-order valence-electron chi connectivity index (χ1n) is 9.84. The van der Waals surface area contributed by atoms with Gasteiger partial charge in [0.1, 0.15) is 5.52 Å². The average Bonchev–Trinajstić information content (AvgIpc) is 3.06. The number of para-hydroxylation sites is 1. The van der Waals surface area contributed by atoms with Gasteiger partial charge in [0.05, 0.1) is 12.2 Å². The summed E-state index contributed by atoms with van der Waals surface area (Å²) in [5.41, 5.74) is 2.59.